The number of hydrogen-bond donors (Lipinski definition) is 2. The first-order valence-corrected chi connectivity index (χ1v) is 6.71. The van der Waals surface area contributed by atoms with Crippen molar-refractivity contribution in [3.63, 3.8) is 0 Å². The van der Waals surface area contributed by atoms with Crippen molar-refractivity contribution >= 4 is 27.6 Å². The van der Waals surface area contributed by atoms with Crippen molar-refractivity contribution in [2.24, 2.45) is 0 Å². The molecule has 0 fully saturated rings. The molecule has 0 saturated heterocycles. The summed E-state index contributed by atoms with van der Waals surface area (Å²) in [5, 5.41) is 8.55. The second-order valence-corrected chi connectivity index (χ2v) is 5.69. The fourth-order valence-electron chi connectivity index (χ4n) is 1.22. The van der Waals surface area contributed by atoms with E-state index in [4.69, 9.17) is 16.7 Å². The zero-order valence-electron chi connectivity index (χ0n) is 9.35. The lowest BCUT2D eigenvalue weighted by Crippen LogP contribution is -2.42. The maximum atomic E-state index is 12.4. The van der Waals surface area contributed by atoms with Crippen LogP contribution in [-0.2, 0) is 14.8 Å². The number of rotatable bonds is 5. The van der Waals surface area contributed by atoms with Crippen molar-refractivity contribution in [2.45, 2.75) is 17.9 Å². The first-order chi connectivity index (χ1) is 8.27. The summed E-state index contributed by atoms with van der Waals surface area (Å²) >= 11 is 5.76. The largest absolute Gasteiger partial charge is 0.480 e. The summed E-state index contributed by atoms with van der Waals surface area (Å²) in [6.45, 7) is 0.370. The van der Waals surface area contributed by atoms with Crippen LogP contribution in [0.1, 0.15) is 5.56 Å². The van der Waals surface area contributed by atoms with Gasteiger partial charge < -0.3 is 5.11 Å². The highest BCUT2D eigenvalue weighted by Crippen LogP contribution is 2.22. The number of carbonyl (C=O) groups is 1. The number of aliphatic carboxylic acids is 1. The second kappa shape index (κ2) is 5.64. The van der Waals surface area contributed by atoms with Crippen LogP contribution >= 0.6 is 11.6 Å². The Morgan fingerprint density at radius 1 is 1.56 bits per heavy atom. The van der Waals surface area contributed by atoms with Gasteiger partial charge in [-0.25, -0.2) is 12.8 Å². The fraction of sp³-hybridized carbons (Fsp3) is 0.300. The van der Waals surface area contributed by atoms with Gasteiger partial charge in [-0.1, -0.05) is 17.7 Å². The predicted octanol–water partition coefficient (Wildman–Crippen LogP) is 1.35. The van der Waals surface area contributed by atoms with E-state index in [1.54, 1.807) is 11.6 Å². The van der Waals surface area contributed by atoms with Gasteiger partial charge >= 0.3 is 5.97 Å². The van der Waals surface area contributed by atoms with Crippen molar-refractivity contribution in [1.82, 2.24) is 4.72 Å². The number of sulfonamides is 1. The van der Waals surface area contributed by atoms with E-state index in [1.807, 2.05) is 0 Å². The average Bonchev–Trinajstić information content (AvgIpc) is 2.24. The maximum absolute atomic E-state index is 12.4. The van der Waals surface area contributed by atoms with Gasteiger partial charge in [-0.3, -0.25) is 4.79 Å². The van der Waals surface area contributed by atoms with E-state index < -0.39 is 28.7 Å². The summed E-state index contributed by atoms with van der Waals surface area (Å²) in [6.07, 6.45) is 0. The third kappa shape index (κ3) is 3.41. The maximum Gasteiger partial charge on any atom is 0.324 e. The van der Waals surface area contributed by atoms with Gasteiger partial charge in [0.05, 0.1) is 5.02 Å². The molecule has 0 spiro atoms. The molecule has 0 radical (unpaired) electrons. The molecule has 1 atom stereocenters. The molecule has 0 aliphatic carbocycles. The Morgan fingerprint density at radius 2 is 2.17 bits per heavy atom. The number of alkyl halides is 1. The highest BCUT2D eigenvalue weighted by Gasteiger charge is 2.26. The molecule has 5 nitrogen and oxygen atoms in total. The molecule has 0 heterocycles. The summed E-state index contributed by atoms with van der Waals surface area (Å²) in [5.41, 5.74) is 0.749. The summed E-state index contributed by atoms with van der Waals surface area (Å²) in [4.78, 5) is 10.3. The quantitative estimate of drug-likeness (QED) is 0.859. The van der Waals surface area contributed by atoms with Gasteiger partial charge in [0.25, 0.3) is 0 Å². The minimum absolute atomic E-state index is 0.0505. The van der Waals surface area contributed by atoms with Crippen LogP contribution in [0.4, 0.5) is 4.39 Å². The molecule has 0 aromatic heterocycles. The molecule has 2 N–H and O–H groups in total. The van der Waals surface area contributed by atoms with Gasteiger partial charge in [0, 0.05) is 0 Å². The number of carboxylic acids is 1. The van der Waals surface area contributed by atoms with Crippen LogP contribution in [0, 0.1) is 6.92 Å². The van der Waals surface area contributed by atoms with Gasteiger partial charge in [-0.05, 0) is 24.6 Å². The number of halogens is 2. The Hall–Kier alpha value is -1.18. The molecule has 0 aliphatic heterocycles. The molecule has 0 amide bonds. The second-order valence-electron chi connectivity index (χ2n) is 3.60. The van der Waals surface area contributed by atoms with E-state index in [2.05, 4.69) is 0 Å². The van der Waals surface area contributed by atoms with Gasteiger partial charge in [0.2, 0.25) is 10.0 Å². The molecule has 1 rings (SSSR count). The number of carboxylic acid groups (broad SMARTS) is 1. The smallest absolute Gasteiger partial charge is 0.324 e. The van der Waals surface area contributed by atoms with Crippen molar-refractivity contribution in [3.8, 4) is 0 Å². The van der Waals surface area contributed by atoms with E-state index in [-0.39, 0.29) is 9.92 Å². The molecule has 0 saturated carbocycles. The molecule has 0 aliphatic rings. The van der Waals surface area contributed by atoms with Crippen LogP contribution in [0.3, 0.4) is 0 Å². The van der Waals surface area contributed by atoms with E-state index >= 15 is 0 Å². The minimum Gasteiger partial charge on any atom is -0.480 e. The number of nitrogens with one attached hydrogen (secondary N) is 1. The number of aryl methyl sites for hydroxylation is 1. The molecule has 100 valence electrons. The van der Waals surface area contributed by atoms with Crippen LogP contribution < -0.4 is 4.72 Å². The Balaban J connectivity index is 3.10. The third-order valence-corrected chi connectivity index (χ3v) is 4.08. The van der Waals surface area contributed by atoms with Crippen molar-refractivity contribution in [3.05, 3.63) is 28.8 Å². The SMILES string of the molecule is Cc1ccc(S(=O)(=O)N[C@H](CF)C(=O)O)c(Cl)c1. The first kappa shape index (κ1) is 14.9. The monoisotopic (exact) mass is 295 g/mol. The third-order valence-electron chi connectivity index (χ3n) is 2.13. The van der Waals surface area contributed by atoms with Crippen molar-refractivity contribution in [2.75, 3.05) is 6.67 Å². The van der Waals surface area contributed by atoms with E-state index in [1.165, 1.54) is 18.2 Å². The number of benzene rings is 1. The van der Waals surface area contributed by atoms with Crippen LogP contribution in [0.15, 0.2) is 23.1 Å². The normalized spacial score (nSPS) is 13.3. The molecular formula is C10H11ClFNO4S. The topological polar surface area (TPSA) is 83.5 Å². The van der Waals surface area contributed by atoms with E-state index in [0.717, 1.165) is 5.56 Å². The minimum atomic E-state index is -4.17. The van der Waals surface area contributed by atoms with Crippen LogP contribution in [-0.4, -0.2) is 32.2 Å². The predicted molar refractivity (Wildman–Crippen MR) is 63.9 cm³/mol. The summed E-state index contributed by atoms with van der Waals surface area (Å²) < 4.78 is 37.7. The van der Waals surface area contributed by atoms with Crippen LogP contribution in [0.5, 0.6) is 0 Å². The summed E-state index contributed by atoms with van der Waals surface area (Å²) in [6, 6.07) is 2.33. The van der Waals surface area contributed by atoms with E-state index in [0.29, 0.717) is 0 Å². The highest BCUT2D eigenvalue weighted by molar-refractivity contribution is 7.89. The molecule has 0 bridgehead atoms. The summed E-state index contributed by atoms with van der Waals surface area (Å²) in [7, 11) is -4.17. The van der Waals surface area contributed by atoms with Gasteiger partial charge in [-0.15, -0.1) is 0 Å². The average molecular weight is 296 g/mol. The van der Waals surface area contributed by atoms with Crippen LogP contribution in [0.25, 0.3) is 0 Å². The van der Waals surface area contributed by atoms with Crippen LogP contribution in [0.2, 0.25) is 5.02 Å². The molecule has 8 heteroatoms. The molecule has 1 aromatic rings. The highest BCUT2D eigenvalue weighted by atomic mass is 35.5. The lowest BCUT2D eigenvalue weighted by Gasteiger charge is -2.12. The lowest BCUT2D eigenvalue weighted by atomic mass is 10.2. The first-order valence-electron chi connectivity index (χ1n) is 4.85. The summed E-state index contributed by atoms with van der Waals surface area (Å²) in [5.74, 6) is -1.59. The lowest BCUT2D eigenvalue weighted by molar-refractivity contribution is -0.139. The van der Waals surface area contributed by atoms with E-state index in [9.17, 15) is 17.6 Å². The van der Waals surface area contributed by atoms with Gasteiger partial charge in [-0.2, -0.15) is 4.72 Å². The van der Waals surface area contributed by atoms with Gasteiger partial charge in [0.15, 0.2) is 0 Å². The molecule has 1 aromatic carbocycles. The zero-order chi connectivity index (χ0) is 13.9. The van der Waals surface area contributed by atoms with Gasteiger partial charge in [0.1, 0.15) is 17.6 Å². The van der Waals surface area contributed by atoms with Crippen molar-refractivity contribution in [1.29, 1.82) is 0 Å². The van der Waals surface area contributed by atoms with Crippen molar-refractivity contribution < 1.29 is 22.7 Å². The zero-order valence-corrected chi connectivity index (χ0v) is 10.9. The molecule has 18 heavy (non-hydrogen) atoms. The Kier molecular flexibility index (Phi) is 4.66. The fourth-order valence-corrected chi connectivity index (χ4v) is 2.99. The standard InChI is InChI=1S/C10H11ClFNO4S/c1-6-2-3-9(7(11)4-6)18(16,17)13-8(5-12)10(14)15/h2-4,8,13H,5H2,1H3,(H,14,15)/t8-/m1/s1. The Labute approximate surface area is 109 Å². The molecule has 0 unspecified atom stereocenters. The Bertz CT molecular complexity index is 561. The number of hydrogen-bond acceptors (Lipinski definition) is 3. The molecular weight excluding hydrogens is 285 g/mol. The Morgan fingerprint density at radius 3 is 2.61 bits per heavy atom.